The number of nitrogens with one attached hydrogen (secondary N) is 1. The molecule has 0 aliphatic carbocycles. The number of hydrogen-bond donors (Lipinski definition) is 2. The number of carbonyl (C=O) groups is 3. The van der Waals surface area contributed by atoms with Crippen molar-refractivity contribution < 1.29 is 29.0 Å². The summed E-state index contributed by atoms with van der Waals surface area (Å²) in [6, 6.07) is 11.5. The summed E-state index contributed by atoms with van der Waals surface area (Å²) in [7, 11) is 1.50. The number of amides is 2. The van der Waals surface area contributed by atoms with Gasteiger partial charge in [0.2, 0.25) is 0 Å². The van der Waals surface area contributed by atoms with Crippen LogP contribution in [0, 0.1) is 0 Å². The summed E-state index contributed by atoms with van der Waals surface area (Å²) >= 11 is 0.819. The van der Waals surface area contributed by atoms with E-state index in [0.717, 1.165) is 17.3 Å². The number of imide groups is 1. The highest BCUT2D eigenvalue weighted by atomic mass is 32.2. The molecule has 2 N–H and O–H groups in total. The Hall–Kier alpha value is -3.26. The third-order valence-electron chi connectivity index (χ3n) is 3.74. The first-order valence-electron chi connectivity index (χ1n) is 7.85. The van der Waals surface area contributed by atoms with Crippen molar-refractivity contribution in [2.45, 2.75) is 6.61 Å². The Kier molecular flexibility index (Phi) is 5.46. The highest BCUT2D eigenvalue weighted by molar-refractivity contribution is 8.18. The molecule has 0 bridgehead atoms. The lowest BCUT2D eigenvalue weighted by molar-refractivity contribution is -0.115. The number of ether oxygens (including phenoxy) is 2. The van der Waals surface area contributed by atoms with Crippen molar-refractivity contribution in [2.24, 2.45) is 0 Å². The summed E-state index contributed by atoms with van der Waals surface area (Å²) in [5.74, 6) is -0.560. The standard InChI is InChI=1S/C19H15NO6S/c1-25-14-4-2-3-13(9-15-17(21)20-19(24)27-15)16(14)26-10-11-5-7-12(8-6-11)18(22)23/h2-9H,10H2,1H3,(H,22,23)(H,20,21,24)/b15-9+. The predicted octanol–water partition coefficient (Wildman–Crippen LogP) is 3.30. The lowest BCUT2D eigenvalue weighted by atomic mass is 10.1. The first-order valence-corrected chi connectivity index (χ1v) is 8.66. The highest BCUT2D eigenvalue weighted by Gasteiger charge is 2.25. The average molecular weight is 385 g/mol. The number of para-hydroxylation sites is 1. The number of rotatable bonds is 6. The Morgan fingerprint density at radius 3 is 2.52 bits per heavy atom. The zero-order chi connectivity index (χ0) is 19.4. The number of hydrogen-bond acceptors (Lipinski definition) is 6. The fraction of sp³-hybridized carbons (Fsp3) is 0.105. The monoisotopic (exact) mass is 385 g/mol. The van der Waals surface area contributed by atoms with Crippen LogP contribution in [0.4, 0.5) is 4.79 Å². The molecule has 7 nitrogen and oxygen atoms in total. The molecule has 8 heteroatoms. The summed E-state index contributed by atoms with van der Waals surface area (Å²) in [6.07, 6.45) is 1.57. The molecule has 1 saturated heterocycles. The number of carboxylic acid groups (broad SMARTS) is 1. The van der Waals surface area contributed by atoms with E-state index < -0.39 is 17.1 Å². The van der Waals surface area contributed by atoms with E-state index in [2.05, 4.69) is 5.32 Å². The number of methoxy groups -OCH3 is 1. The Bertz CT molecular complexity index is 936. The molecule has 27 heavy (non-hydrogen) atoms. The van der Waals surface area contributed by atoms with Gasteiger partial charge in [0.05, 0.1) is 17.6 Å². The van der Waals surface area contributed by atoms with Gasteiger partial charge in [-0.3, -0.25) is 14.9 Å². The number of carbonyl (C=O) groups excluding carboxylic acids is 2. The van der Waals surface area contributed by atoms with Gasteiger partial charge in [0.1, 0.15) is 6.61 Å². The first-order chi connectivity index (χ1) is 13.0. The lowest BCUT2D eigenvalue weighted by Crippen LogP contribution is -2.17. The van der Waals surface area contributed by atoms with E-state index in [1.807, 2.05) is 0 Å². The van der Waals surface area contributed by atoms with Crippen LogP contribution in [0.5, 0.6) is 11.5 Å². The summed E-state index contributed by atoms with van der Waals surface area (Å²) in [6.45, 7) is 0.175. The second-order valence-electron chi connectivity index (χ2n) is 5.52. The van der Waals surface area contributed by atoms with E-state index in [1.54, 1.807) is 36.4 Å². The fourth-order valence-electron chi connectivity index (χ4n) is 2.42. The third-order valence-corrected chi connectivity index (χ3v) is 4.55. The second kappa shape index (κ2) is 7.96. The van der Waals surface area contributed by atoms with Crippen molar-refractivity contribution in [1.82, 2.24) is 5.32 Å². The van der Waals surface area contributed by atoms with Gasteiger partial charge in [-0.15, -0.1) is 0 Å². The van der Waals surface area contributed by atoms with E-state index in [9.17, 15) is 14.4 Å². The smallest absolute Gasteiger partial charge is 0.335 e. The summed E-state index contributed by atoms with van der Waals surface area (Å²) < 4.78 is 11.2. The lowest BCUT2D eigenvalue weighted by Gasteiger charge is -2.14. The van der Waals surface area contributed by atoms with Gasteiger partial charge in [0.25, 0.3) is 11.1 Å². The molecule has 1 fully saturated rings. The van der Waals surface area contributed by atoms with Crippen LogP contribution in [0.25, 0.3) is 6.08 Å². The van der Waals surface area contributed by atoms with Crippen LogP contribution in [-0.2, 0) is 11.4 Å². The Morgan fingerprint density at radius 1 is 1.19 bits per heavy atom. The SMILES string of the molecule is COc1cccc(/C=C2/SC(=O)NC2=O)c1OCc1ccc(C(=O)O)cc1. The Labute approximate surface area is 159 Å². The van der Waals surface area contributed by atoms with Crippen molar-refractivity contribution in [3.8, 4) is 11.5 Å². The zero-order valence-corrected chi connectivity index (χ0v) is 15.0. The number of aromatic carboxylic acids is 1. The minimum Gasteiger partial charge on any atom is -0.493 e. The van der Waals surface area contributed by atoms with E-state index in [-0.39, 0.29) is 17.1 Å². The molecular weight excluding hydrogens is 370 g/mol. The molecule has 2 aromatic carbocycles. The maximum absolute atomic E-state index is 11.8. The van der Waals surface area contributed by atoms with Gasteiger partial charge in [-0.05, 0) is 41.6 Å². The van der Waals surface area contributed by atoms with Crippen LogP contribution in [0.2, 0.25) is 0 Å². The van der Waals surface area contributed by atoms with Gasteiger partial charge in [0.15, 0.2) is 11.5 Å². The van der Waals surface area contributed by atoms with Crippen LogP contribution in [0.15, 0.2) is 47.4 Å². The van der Waals surface area contributed by atoms with Gasteiger partial charge in [-0.25, -0.2) is 4.79 Å². The minimum atomic E-state index is -0.997. The molecular formula is C19H15NO6S. The molecule has 138 valence electrons. The van der Waals surface area contributed by atoms with Gasteiger partial charge in [-0.1, -0.05) is 24.3 Å². The summed E-state index contributed by atoms with van der Waals surface area (Å²) in [5, 5.41) is 10.7. The van der Waals surface area contributed by atoms with E-state index in [1.165, 1.54) is 19.2 Å². The molecule has 0 aromatic heterocycles. The van der Waals surface area contributed by atoms with E-state index in [4.69, 9.17) is 14.6 Å². The van der Waals surface area contributed by atoms with E-state index in [0.29, 0.717) is 17.1 Å². The Balaban J connectivity index is 1.85. The second-order valence-corrected chi connectivity index (χ2v) is 6.54. The molecule has 2 aromatic rings. The number of benzene rings is 2. The van der Waals surface area contributed by atoms with Crippen LogP contribution >= 0.6 is 11.8 Å². The molecule has 0 spiro atoms. The molecule has 1 aliphatic heterocycles. The van der Waals surface area contributed by atoms with Crippen molar-refractivity contribution in [1.29, 1.82) is 0 Å². The topological polar surface area (TPSA) is 102 Å². The molecule has 1 aliphatic rings. The molecule has 0 saturated carbocycles. The van der Waals surface area contributed by atoms with Crippen molar-refractivity contribution in [2.75, 3.05) is 7.11 Å². The average Bonchev–Trinajstić information content (AvgIpc) is 2.97. The minimum absolute atomic E-state index is 0.175. The van der Waals surface area contributed by atoms with Crippen molar-refractivity contribution >= 4 is 35.0 Å². The zero-order valence-electron chi connectivity index (χ0n) is 14.2. The van der Waals surface area contributed by atoms with E-state index >= 15 is 0 Å². The van der Waals surface area contributed by atoms with Gasteiger partial charge < -0.3 is 14.6 Å². The van der Waals surface area contributed by atoms with Crippen LogP contribution in [0.3, 0.4) is 0 Å². The summed E-state index contributed by atoms with van der Waals surface area (Å²) in [5.41, 5.74) is 1.55. The molecule has 0 radical (unpaired) electrons. The quantitative estimate of drug-likeness (QED) is 0.736. The molecule has 2 amide bonds. The number of thioether (sulfide) groups is 1. The van der Waals surface area contributed by atoms with Gasteiger partial charge in [-0.2, -0.15) is 0 Å². The van der Waals surface area contributed by atoms with Crippen LogP contribution in [-0.4, -0.2) is 29.3 Å². The maximum atomic E-state index is 11.8. The predicted molar refractivity (Wildman–Crippen MR) is 99.8 cm³/mol. The van der Waals surface area contributed by atoms with Gasteiger partial charge >= 0.3 is 5.97 Å². The maximum Gasteiger partial charge on any atom is 0.335 e. The number of carboxylic acids is 1. The van der Waals surface area contributed by atoms with Crippen molar-refractivity contribution in [3.63, 3.8) is 0 Å². The Morgan fingerprint density at radius 2 is 1.93 bits per heavy atom. The normalized spacial score (nSPS) is 14.9. The molecule has 1 heterocycles. The first kappa shape index (κ1) is 18.5. The van der Waals surface area contributed by atoms with Crippen LogP contribution < -0.4 is 14.8 Å². The molecule has 3 rings (SSSR count). The largest absolute Gasteiger partial charge is 0.493 e. The van der Waals surface area contributed by atoms with Crippen LogP contribution in [0.1, 0.15) is 21.5 Å². The van der Waals surface area contributed by atoms with Gasteiger partial charge in [0, 0.05) is 5.56 Å². The molecule has 0 unspecified atom stereocenters. The third kappa shape index (κ3) is 4.29. The molecule has 0 atom stereocenters. The highest BCUT2D eigenvalue weighted by Crippen LogP contribution is 2.35. The summed E-state index contributed by atoms with van der Waals surface area (Å²) in [4.78, 5) is 34.3. The van der Waals surface area contributed by atoms with Crippen molar-refractivity contribution in [3.05, 3.63) is 64.1 Å². The fourth-order valence-corrected chi connectivity index (χ4v) is 3.10.